The number of hydrogen-bond donors (Lipinski definition) is 0. The van der Waals surface area contributed by atoms with Crippen LogP contribution in [-0.4, -0.2) is 17.6 Å². The molecule has 1 atom stereocenters. The number of rotatable bonds is 3. The molecule has 0 saturated carbocycles. The first-order valence-corrected chi connectivity index (χ1v) is 8.31. The Kier molecular flexibility index (Phi) is 4.27. The Morgan fingerprint density at radius 3 is 3.05 bits per heavy atom. The first kappa shape index (κ1) is 14.5. The number of carbonyl (C=O) groups is 1. The lowest BCUT2D eigenvalue weighted by Gasteiger charge is -2.19. The Hall–Kier alpha value is -1.39. The molecule has 3 rings (SSSR count). The number of benzene rings is 1. The van der Waals surface area contributed by atoms with E-state index in [0.717, 1.165) is 35.5 Å². The molecule has 110 valence electrons. The molecule has 0 N–H and O–H groups in total. The fourth-order valence-corrected chi connectivity index (χ4v) is 4.13. The number of esters is 1. The van der Waals surface area contributed by atoms with E-state index in [1.165, 1.54) is 4.88 Å². The lowest BCUT2D eigenvalue weighted by Crippen LogP contribution is -2.20. The minimum absolute atomic E-state index is 0.158. The molecule has 0 fully saturated rings. The molecule has 0 aliphatic heterocycles. The van der Waals surface area contributed by atoms with Crippen LogP contribution in [0.3, 0.4) is 0 Å². The summed E-state index contributed by atoms with van der Waals surface area (Å²) in [6, 6.07) is 7.68. The first-order valence-electron chi connectivity index (χ1n) is 7.11. The van der Waals surface area contributed by atoms with Gasteiger partial charge in [-0.05, 0) is 32.3 Å². The average Bonchev–Trinajstić information content (AvgIpc) is 2.91. The van der Waals surface area contributed by atoms with E-state index >= 15 is 0 Å². The van der Waals surface area contributed by atoms with E-state index in [1.54, 1.807) is 11.3 Å². The highest BCUT2D eigenvalue weighted by molar-refractivity contribution is 7.15. The van der Waals surface area contributed by atoms with Gasteiger partial charge >= 0.3 is 5.97 Å². The number of carbonyl (C=O) groups excluding carboxylic acids is 1. The molecular weight excluding hydrogens is 306 g/mol. The molecule has 5 heteroatoms. The maximum absolute atomic E-state index is 12.1. The summed E-state index contributed by atoms with van der Waals surface area (Å²) in [7, 11) is 0. The summed E-state index contributed by atoms with van der Waals surface area (Å²) in [5.41, 5.74) is 1.82. The SMILES string of the molecule is CCOC(=O)C1CCCc2sc(-c3ccccc3Cl)nc21. The van der Waals surface area contributed by atoms with Crippen molar-refractivity contribution >= 4 is 28.9 Å². The zero-order chi connectivity index (χ0) is 14.8. The molecule has 3 nitrogen and oxygen atoms in total. The average molecular weight is 322 g/mol. The monoisotopic (exact) mass is 321 g/mol. The number of aryl methyl sites for hydroxylation is 1. The van der Waals surface area contributed by atoms with E-state index < -0.39 is 0 Å². The third kappa shape index (κ3) is 2.83. The van der Waals surface area contributed by atoms with Gasteiger partial charge in [0.2, 0.25) is 0 Å². The van der Waals surface area contributed by atoms with E-state index in [4.69, 9.17) is 21.3 Å². The molecule has 1 unspecified atom stereocenters. The summed E-state index contributed by atoms with van der Waals surface area (Å²) in [4.78, 5) is 18.0. The predicted octanol–water partition coefficient (Wildman–Crippen LogP) is 4.45. The van der Waals surface area contributed by atoms with Crippen LogP contribution < -0.4 is 0 Å². The lowest BCUT2D eigenvalue weighted by atomic mass is 9.91. The fourth-order valence-electron chi connectivity index (χ4n) is 2.64. The molecule has 21 heavy (non-hydrogen) atoms. The second-order valence-electron chi connectivity index (χ2n) is 5.00. The van der Waals surface area contributed by atoms with Crippen LogP contribution >= 0.6 is 22.9 Å². The first-order chi connectivity index (χ1) is 10.2. The van der Waals surface area contributed by atoms with Crippen molar-refractivity contribution < 1.29 is 9.53 Å². The van der Waals surface area contributed by atoms with Crippen LogP contribution in [0.1, 0.15) is 36.3 Å². The molecule has 1 aliphatic carbocycles. The van der Waals surface area contributed by atoms with Gasteiger partial charge in [-0.15, -0.1) is 11.3 Å². The van der Waals surface area contributed by atoms with E-state index in [9.17, 15) is 4.79 Å². The zero-order valence-corrected chi connectivity index (χ0v) is 13.3. The molecule has 0 bridgehead atoms. The minimum Gasteiger partial charge on any atom is -0.465 e. The van der Waals surface area contributed by atoms with E-state index in [-0.39, 0.29) is 11.9 Å². The van der Waals surface area contributed by atoms with Gasteiger partial charge in [0.05, 0.1) is 17.3 Å². The number of aromatic nitrogens is 1. The van der Waals surface area contributed by atoms with Crippen molar-refractivity contribution in [2.75, 3.05) is 6.61 Å². The fraction of sp³-hybridized carbons (Fsp3) is 0.375. The van der Waals surface area contributed by atoms with Crippen LogP contribution in [0.4, 0.5) is 0 Å². The van der Waals surface area contributed by atoms with Crippen LogP contribution in [0, 0.1) is 0 Å². The minimum atomic E-state index is -0.221. The summed E-state index contributed by atoms with van der Waals surface area (Å²) in [5.74, 6) is -0.379. The van der Waals surface area contributed by atoms with Crippen molar-refractivity contribution in [3.8, 4) is 10.6 Å². The number of nitrogens with zero attached hydrogens (tertiary/aromatic N) is 1. The Bertz CT molecular complexity index is 668. The second-order valence-corrected chi connectivity index (χ2v) is 6.49. The summed E-state index contributed by atoms with van der Waals surface area (Å²) >= 11 is 7.88. The number of fused-ring (bicyclic) bond motifs is 1. The summed E-state index contributed by atoms with van der Waals surface area (Å²) in [5, 5.41) is 1.58. The van der Waals surface area contributed by atoms with Gasteiger partial charge in [0, 0.05) is 10.4 Å². The van der Waals surface area contributed by atoms with Crippen LogP contribution in [0.15, 0.2) is 24.3 Å². The Morgan fingerprint density at radius 1 is 1.48 bits per heavy atom. The van der Waals surface area contributed by atoms with Crippen LogP contribution in [0.25, 0.3) is 10.6 Å². The Balaban J connectivity index is 1.98. The topological polar surface area (TPSA) is 39.2 Å². The number of ether oxygens (including phenoxy) is 1. The highest BCUT2D eigenvalue weighted by Crippen LogP contribution is 2.40. The maximum atomic E-state index is 12.1. The molecule has 0 amide bonds. The van der Waals surface area contributed by atoms with Gasteiger partial charge in [0.25, 0.3) is 0 Å². The normalized spacial score (nSPS) is 17.3. The second kappa shape index (κ2) is 6.16. The molecule has 0 saturated heterocycles. The molecule has 1 aromatic carbocycles. The molecule has 0 spiro atoms. The van der Waals surface area contributed by atoms with Crippen molar-refractivity contribution in [3.63, 3.8) is 0 Å². The summed E-state index contributed by atoms with van der Waals surface area (Å²) < 4.78 is 5.18. The number of halogens is 1. The van der Waals surface area contributed by atoms with Gasteiger partial charge in [-0.1, -0.05) is 29.8 Å². The number of hydrogen-bond acceptors (Lipinski definition) is 4. The summed E-state index contributed by atoms with van der Waals surface area (Å²) in [6.45, 7) is 2.24. The Labute approximate surface area is 132 Å². The molecule has 1 heterocycles. The largest absolute Gasteiger partial charge is 0.465 e. The van der Waals surface area contributed by atoms with Crippen LogP contribution in [0.5, 0.6) is 0 Å². The standard InChI is InChI=1S/C16H16ClNO2S/c1-2-20-16(19)11-7-5-9-13-14(11)18-15(21-13)10-6-3-4-8-12(10)17/h3-4,6,8,11H,2,5,7,9H2,1H3. The van der Waals surface area contributed by atoms with E-state index in [0.29, 0.717) is 11.6 Å². The Morgan fingerprint density at radius 2 is 2.29 bits per heavy atom. The van der Waals surface area contributed by atoms with Gasteiger partial charge < -0.3 is 4.74 Å². The molecule has 1 aromatic heterocycles. The smallest absolute Gasteiger partial charge is 0.315 e. The van der Waals surface area contributed by atoms with E-state index in [2.05, 4.69) is 0 Å². The van der Waals surface area contributed by atoms with E-state index in [1.807, 2.05) is 31.2 Å². The molecule has 2 aromatic rings. The van der Waals surface area contributed by atoms with Crippen molar-refractivity contribution in [2.45, 2.75) is 32.1 Å². The van der Waals surface area contributed by atoms with Gasteiger partial charge in [0.1, 0.15) is 10.9 Å². The van der Waals surface area contributed by atoms with Gasteiger partial charge in [0.15, 0.2) is 0 Å². The van der Waals surface area contributed by atoms with Gasteiger partial charge in [-0.2, -0.15) is 0 Å². The van der Waals surface area contributed by atoms with Crippen molar-refractivity contribution in [2.24, 2.45) is 0 Å². The maximum Gasteiger partial charge on any atom is 0.315 e. The van der Waals surface area contributed by atoms with Crippen LogP contribution in [-0.2, 0) is 16.0 Å². The van der Waals surface area contributed by atoms with Crippen molar-refractivity contribution in [1.82, 2.24) is 4.98 Å². The third-order valence-electron chi connectivity index (χ3n) is 3.63. The third-order valence-corrected chi connectivity index (χ3v) is 5.12. The predicted molar refractivity (Wildman–Crippen MR) is 84.9 cm³/mol. The highest BCUT2D eigenvalue weighted by Gasteiger charge is 2.31. The quantitative estimate of drug-likeness (QED) is 0.784. The van der Waals surface area contributed by atoms with Gasteiger partial charge in [-0.25, -0.2) is 4.98 Å². The van der Waals surface area contributed by atoms with Crippen molar-refractivity contribution in [3.05, 3.63) is 39.9 Å². The molecule has 1 aliphatic rings. The van der Waals surface area contributed by atoms with Crippen molar-refractivity contribution in [1.29, 1.82) is 0 Å². The highest BCUT2D eigenvalue weighted by atomic mass is 35.5. The zero-order valence-electron chi connectivity index (χ0n) is 11.8. The van der Waals surface area contributed by atoms with Crippen LogP contribution in [0.2, 0.25) is 5.02 Å². The number of thiazole rings is 1. The summed E-state index contributed by atoms with van der Waals surface area (Å²) in [6.07, 6.45) is 2.80. The lowest BCUT2D eigenvalue weighted by molar-refractivity contribution is -0.145. The molecular formula is C16H16ClNO2S. The van der Waals surface area contributed by atoms with Gasteiger partial charge in [-0.3, -0.25) is 4.79 Å². The molecule has 0 radical (unpaired) electrons.